The number of rotatable bonds is 9. The van der Waals surface area contributed by atoms with Crippen molar-refractivity contribution < 1.29 is 18.3 Å². The fraction of sp³-hybridized carbons (Fsp3) is 0.409. The Labute approximate surface area is 170 Å². The van der Waals surface area contributed by atoms with Gasteiger partial charge in [-0.15, -0.1) is 0 Å². The van der Waals surface area contributed by atoms with E-state index in [1.807, 2.05) is 6.07 Å². The molecule has 7 heteroatoms. The van der Waals surface area contributed by atoms with Crippen molar-refractivity contribution in [1.82, 2.24) is 15.1 Å². The zero-order chi connectivity index (χ0) is 20.5. The second-order valence-corrected chi connectivity index (χ2v) is 7.16. The standard InChI is InChI=1S/C22H27F2N3O2/c23-22(24)29-20-8-6-18(7-9-20)10-11-25-21(28)17-27-14-12-26(13-15-27)16-19-4-2-1-3-5-19/h1-9,22H,10-17H2,(H,25,28). The Bertz CT molecular complexity index is 748. The number of hydrogen-bond acceptors (Lipinski definition) is 4. The van der Waals surface area contributed by atoms with Crippen molar-refractivity contribution in [2.24, 2.45) is 0 Å². The molecule has 156 valence electrons. The van der Waals surface area contributed by atoms with Crippen LogP contribution in [0.3, 0.4) is 0 Å². The maximum atomic E-state index is 12.2. The third-order valence-electron chi connectivity index (χ3n) is 4.97. The van der Waals surface area contributed by atoms with Crippen LogP contribution in [0.25, 0.3) is 0 Å². The van der Waals surface area contributed by atoms with Crippen molar-refractivity contribution in [3.8, 4) is 5.75 Å². The van der Waals surface area contributed by atoms with Gasteiger partial charge in [0.1, 0.15) is 5.75 Å². The van der Waals surface area contributed by atoms with Gasteiger partial charge >= 0.3 is 6.61 Å². The summed E-state index contributed by atoms with van der Waals surface area (Å²) >= 11 is 0. The molecule has 0 radical (unpaired) electrons. The van der Waals surface area contributed by atoms with Gasteiger partial charge in [0, 0.05) is 39.3 Å². The van der Waals surface area contributed by atoms with E-state index in [9.17, 15) is 13.6 Å². The van der Waals surface area contributed by atoms with Crippen LogP contribution in [0.4, 0.5) is 8.78 Å². The molecule has 1 saturated heterocycles. The normalized spacial score (nSPS) is 15.4. The van der Waals surface area contributed by atoms with Gasteiger partial charge in [0.2, 0.25) is 5.91 Å². The molecule has 0 unspecified atom stereocenters. The van der Waals surface area contributed by atoms with E-state index in [4.69, 9.17) is 0 Å². The molecule has 0 bridgehead atoms. The highest BCUT2D eigenvalue weighted by Gasteiger charge is 2.18. The first kappa shape index (κ1) is 21.2. The molecule has 2 aromatic carbocycles. The summed E-state index contributed by atoms with van der Waals surface area (Å²) in [6, 6.07) is 16.9. The summed E-state index contributed by atoms with van der Waals surface area (Å²) in [5.74, 6) is 0.151. The molecule has 5 nitrogen and oxygen atoms in total. The largest absolute Gasteiger partial charge is 0.435 e. The summed E-state index contributed by atoms with van der Waals surface area (Å²) in [6.45, 7) is 2.71. The van der Waals surface area contributed by atoms with E-state index in [1.54, 1.807) is 12.1 Å². The highest BCUT2D eigenvalue weighted by atomic mass is 19.3. The number of alkyl halides is 2. The predicted molar refractivity (Wildman–Crippen MR) is 108 cm³/mol. The van der Waals surface area contributed by atoms with Gasteiger partial charge in [-0.25, -0.2) is 0 Å². The van der Waals surface area contributed by atoms with Gasteiger partial charge in [0.05, 0.1) is 6.54 Å². The average Bonchev–Trinajstić information content (AvgIpc) is 2.71. The van der Waals surface area contributed by atoms with Crippen LogP contribution in [0.5, 0.6) is 5.75 Å². The van der Waals surface area contributed by atoms with Crippen LogP contribution in [-0.2, 0) is 17.8 Å². The molecule has 0 spiro atoms. The first-order valence-electron chi connectivity index (χ1n) is 9.87. The zero-order valence-electron chi connectivity index (χ0n) is 16.4. The minimum atomic E-state index is -2.82. The number of carbonyl (C=O) groups excluding carboxylic acids is 1. The van der Waals surface area contributed by atoms with Crippen molar-refractivity contribution in [3.05, 3.63) is 65.7 Å². The lowest BCUT2D eigenvalue weighted by molar-refractivity contribution is -0.122. The Morgan fingerprint density at radius 1 is 0.931 bits per heavy atom. The van der Waals surface area contributed by atoms with E-state index in [0.717, 1.165) is 38.3 Å². The monoisotopic (exact) mass is 403 g/mol. The Morgan fingerprint density at radius 2 is 1.59 bits per heavy atom. The molecule has 1 heterocycles. The minimum Gasteiger partial charge on any atom is -0.435 e. The van der Waals surface area contributed by atoms with Gasteiger partial charge in [0.15, 0.2) is 0 Å². The number of halogens is 2. The van der Waals surface area contributed by atoms with Crippen LogP contribution < -0.4 is 10.1 Å². The summed E-state index contributed by atoms with van der Waals surface area (Å²) in [4.78, 5) is 16.8. The third kappa shape index (κ3) is 7.44. The third-order valence-corrected chi connectivity index (χ3v) is 4.97. The van der Waals surface area contributed by atoms with Crippen LogP contribution in [0.15, 0.2) is 54.6 Å². The number of hydrogen-bond donors (Lipinski definition) is 1. The van der Waals surface area contributed by atoms with E-state index < -0.39 is 6.61 Å². The fourth-order valence-corrected chi connectivity index (χ4v) is 3.39. The number of amides is 1. The van der Waals surface area contributed by atoms with Crippen molar-refractivity contribution >= 4 is 5.91 Å². The van der Waals surface area contributed by atoms with Crippen molar-refractivity contribution in [2.45, 2.75) is 19.6 Å². The number of nitrogens with zero attached hydrogens (tertiary/aromatic N) is 2. The topological polar surface area (TPSA) is 44.8 Å². The highest BCUT2D eigenvalue weighted by Crippen LogP contribution is 2.15. The fourth-order valence-electron chi connectivity index (χ4n) is 3.39. The molecular formula is C22H27F2N3O2. The Balaban J connectivity index is 1.31. The van der Waals surface area contributed by atoms with Crippen molar-refractivity contribution in [1.29, 1.82) is 0 Å². The maximum Gasteiger partial charge on any atom is 0.387 e. The molecule has 1 fully saturated rings. The molecule has 0 aromatic heterocycles. The Morgan fingerprint density at radius 3 is 2.24 bits per heavy atom. The molecule has 0 aliphatic carbocycles. The van der Waals surface area contributed by atoms with E-state index in [1.165, 1.54) is 17.7 Å². The van der Waals surface area contributed by atoms with Crippen LogP contribution in [-0.4, -0.2) is 61.6 Å². The lowest BCUT2D eigenvalue weighted by Gasteiger charge is -2.34. The summed E-state index contributed by atoms with van der Waals surface area (Å²) in [5, 5.41) is 2.93. The Hall–Kier alpha value is -2.51. The summed E-state index contributed by atoms with van der Waals surface area (Å²) in [6.07, 6.45) is 0.644. The van der Waals surface area contributed by atoms with E-state index in [2.05, 4.69) is 44.1 Å². The van der Waals surface area contributed by atoms with Crippen molar-refractivity contribution in [3.63, 3.8) is 0 Å². The summed E-state index contributed by atoms with van der Waals surface area (Å²) < 4.78 is 28.6. The number of ether oxygens (including phenoxy) is 1. The lowest BCUT2D eigenvalue weighted by Crippen LogP contribution is -2.49. The smallest absolute Gasteiger partial charge is 0.387 e. The molecule has 1 aliphatic rings. The van der Waals surface area contributed by atoms with Gasteiger partial charge in [-0.2, -0.15) is 8.78 Å². The second kappa shape index (κ2) is 10.9. The van der Waals surface area contributed by atoms with Crippen LogP contribution in [0.2, 0.25) is 0 Å². The highest BCUT2D eigenvalue weighted by molar-refractivity contribution is 5.78. The van der Waals surface area contributed by atoms with Gasteiger partial charge in [0.25, 0.3) is 0 Å². The van der Waals surface area contributed by atoms with Crippen molar-refractivity contribution in [2.75, 3.05) is 39.3 Å². The average molecular weight is 403 g/mol. The van der Waals surface area contributed by atoms with E-state index in [-0.39, 0.29) is 11.7 Å². The van der Waals surface area contributed by atoms with Gasteiger partial charge in [-0.1, -0.05) is 42.5 Å². The molecule has 1 aliphatic heterocycles. The van der Waals surface area contributed by atoms with Crippen LogP contribution >= 0.6 is 0 Å². The minimum absolute atomic E-state index is 0.0131. The van der Waals surface area contributed by atoms with Gasteiger partial charge in [-0.3, -0.25) is 14.6 Å². The first-order valence-corrected chi connectivity index (χ1v) is 9.87. The number of carbonyl (C=O) groups is 1. The van der Waals surface area contributed by atoms with E-state index in [0.29, 0.717) is 19.5 Å². The molecule has 1 N–H and O–H groups in total. The molecular weight excluding hydrogens is 376 g/mol. The predicted octanol–water partition coefficient (Wildman–Crippen LogP) is 2.76. The summed E-state index contributed by atoms with van der Waals surface area (Å²) in [5.41, 5.74) is 2.27. The van der Waals surface area contributed by atoms with Crippen LogP contribution in [0.1, 0.15) is 11.1 Å². The number of benzene rings is 2. The summed E-state index contributed by atoms with van der Waals surface area (Å²) in [7, 11) is 0. The number of piperazine rings is 1. The molecule has 3 rings (SSSR count). The first-order chi connectivity index (χ1) is 14.1. The van der Waals surface area contributed by atoms with Gasteiger partial charge < -0.3 is 10.1 Å². The molecule has 29 heavy (non-hydrogen) atoms. The molecule has 0 atom stereocenters. The zero-order valence-corrected chi connectivity index (χ0v) is 16.4. The second-order valence-electron chi connectivity index (χ2n) is 7.16. The van der Waals surface area contributed by atoms with Crippen LogP contribution in [0, 0.1) is 0 Å². The number of nitrogens with one attached hydrogen (secondary N) is 1. The lowest BCUT2D eigenvalue weighted by atomic mass is 10.1. The van der Waals surface area contributed by atoms with Gasteiger partial charge in [-0.05, 0) is 29.7 Å². The quantitative estimate of drug-likeness (QED) is 0.699. The molecule has 0 saturated carbocycles. The molecule has 2 aromatic rings. The Kier molecular flexibility index (Phi) is 7.95. The molecule has 1 amide bonds. The SMILES string of the molecule is O=C(CN1CCN(Cc2ccccc2)CC1)NCCc1ccc(OC(F)F)cc1. The van der Waals surface area contributed by atoms with E-state index >= 15 is 0 Å². The maximum absolute atomic E-state index is 12.2.